The number of rotatable bonds is 5. The molecule has 2 aromatic rings. The summed E-state index contributed by atoms with van der Waals surface area (Å²) >= 11 is 0. The highest BCUT2D eigenvalue weighted by molar-refractivity contribution is 5.41. The van der Waals surface area contributed by atoms with Crippen LogP contribution in [0.5, 0.6) is 11.5 Å². The van der Waals surface area contributed by atoms with Gasteiger partial charge >= 0.3 is 5.69 Å². The Balaban J connectivity index is 2.50. The average molecular weight is 331 g/mol. The number of hydrogen-bond donors (Lipinski definition) is 1. The van der Waals surface area contributed by atoms with Gasteiger partial charge in [0.05, 0.1) is 20.8 Å². The Labute approximate surface area is 137 Å². The van der Waals surface area contributed by atoms with Crippen LogP contribution in [0, 0.1) is 11.3 Å². The van der Waals surface area contributed by atoms with E-state index in [1.54, 1.807) is 24.3 Å². The van der Waals surface area contributed by atoms with Crippen molar-refractivity contribution in [2.75, 3.05) is 14.2 Å². The first-order valence-corrected chi connectivity index (χ1v) is 7.03. The first-order valence-electron chi connectivity index (χ1n) is 7.03. The second kappa shape index (κ2) is 7.02. The van der Waals surface area contributed by atoms with E-state index in [0.29, 0.717) is 17.1 Å². The number of aromatic nitrogens is 2. The average Bonchev–Trinajstić information content (AvgIpc) is 2.60. The fourth-order valence-electron chi connectivity index (χ4n) is 2.34. The molecule has 2 rings (SSSR count). The summed E-state index contributed by atoms with van der Waals surface area (Å²) in [5, 5.41) is 19.5. The van der Waals surface area contributed by atoms with Gasteiger partial charge in [0.25, 0.3) is 5.56 Å². The maximum atomic E-state index is 12.2. The number of nitrogens with zero attached hydrogens (tertiary/aromatic N) is 3. The minimum Gasteiger partial charge on any atom is -0.497 e. The molecule has 0 saturated heterocycles. The van der Waals surface area contributed by atoms with E-state index in [2.05, 4.69) is 0 Å². The SMILES string of the molecule is COc1ccc(OC)c(C(O)Cn2c(=O)c(C#N)cn(C)c2=O)c1. The first kappa shape index (κ1) is 17.3. The van der Waals surface area contributed by atoms with Gasteiger partial charge in [-0.1, -0.05) is 0 Å². The van der Waals surface area contributed by atoms with E-state index in [1.807, 2.05) is 0 Å². The molecule has 0 saturated carbocycles. The molecule has 1 atom stereocenters. The molecule has 126 valence electrons. The lowest BCUT2D eigenvalue weighted by molar-refractivity contribution is 0.148. The van der Waals surface area contributed by atoms with Crippen molar-refractivity contribution in [3.63, 3.8) is 0 Å². The number of hydrogen-bond acceptors (Lipinski definition) is 6. The zero-order chi connectivity index (χ0) is 17.9. The zero-order valence-corrected chi connectivity index (χ0v) is 13.5. The van der Waals surface area contributed by atoms with E-state index in [-0.39, 0.29) is 12.1 Å². The topological polar surface area (TPSA) is 106 Å². The molecule has 8 nitrogen and oxygen atoms in total. The summed E-state index contributed by atoms with van der Waals surface area (Å²) in [6.07, 6.45) is -0.0333. The molecule has 1 aromatic heterocycles. The van der Waals surface area contributed by atoms with E-state index in [4.69, 9.17) is 14.7 Å². The Morgan fingerprint density at radius 2 is 2.00 bits per heavy atom. The fraction of sp³-hybridized carbons (Fsp3) is 0.312. The second-order valence-electron chi connectivity index (χ2n) is 5.09. The maximum Gasteiger partial charge on any atom is 0.330 e. The van der Waals surface area contributed by atoms with Crippen LogP contribution in [0.3, 0.4) is 0 Å². The van der Waals surface area contributed by atoms with Crippen molar-refractivity contribution >= 4 is 0 Å². The van der Waals surface area contributed by atoms with Gasteiger partial charge in [-0.05, 0) is 18.2 Å². The van der Waals surface area contributed by atoms with E-state index in [1.165, 1.54) is 27.5 Å². The van der Waals surface area contributed by atoms with Gasteiger partial charge in [-0.25, -0.2) is 4.79 Å². The molecule has 0 aliphatic rings. The van der Waals surface area contributed by atoms with E-state index in [9.17, 15) is 14.7 Å². The van der Waals surface area contributed by atoms with Crippen LogP contribution in [-0.2, 0) is 13.6 Å². The molecule has 0 amide bonds. The zero-order valence-electron chi connectivity index (χ0n) is 13.5. The predicted molar refractivity (Wildman–Crippen MR) is 85.2 cm³/mol. The third kappa shape index (κ3) is 3.16. The first-order chi connectivity index (χ1) is 11.4. The third-order valence-corrected chi connectivity index (χ3v) is 3.60. The Hall–Kier alpha value is -3.05. The number of aliphatic hydroxyl groups is 1. The number of methoxy groups -OCH3 is 2. The lowest BCUT2D eigenvalue weighted by Crippen LogP contribution is -2.41. The number of nitriles is 1. The van der Waals surface area contributed by atoms with Crippen LogP contribution in [0.15, 0.2) is 34.0 Å². The lowest BCUT2D eigenvalue weighted by atomic mass is 10.1. The van der Waals surface area contributed by atoms with Crippen LogP contribution in [0.2, 0.25) is 0 Å². The van der Waals surface area contributed by atoms with Crippen molar-refractivity contribution in [3.05, 3.63) is 56.4 Å². The van der Waals surface area contributed by atoms with Gasteiger partial charge in [0.15, 0.2) is 0 Å². The summed E-state index contributed by atoms with van der Waals surface area (Å²) in [5.41, 5.74) is -1.18. The molecule has 0 fully saturated rings. The molecule has 1 heterocycles. The van der Waals surface area contributed by atoms with Crippen LogP contribution < -0.4 is 20.7 Å². The van der Waals surface area contributed by atoms with Gasteiger partial charge in [-0.3, -0.25) is 9.36 Å². The normalized spacial score (nSPS) is 11.6. The molecule has 0 aliphatic carbocycles. The molecule has 1 unspecified atom stereocenters. The molecular formula is C16H17N3O5. The largest absolute Gasteiger partial charge is 0.497 e. The molecule has 1 N–H and O–H groups in total. The van der Waals surface area contributed by atoms with Crippen LogP contribution >= 0.6 is 0 Å². The van der Waals surface area contributed by atoms with E-state index < -0.39 is 17.4 Å². The van der Waals surface area contributed by atoms with Gasteiger partial charge < -0.3 is 19.1 Å². The molecule has 0 aliphatic heterocycles. The molecule has 8 heteroatoms. The van der Waals surface area contributed by atoms with Gasteiger partial charge in [-0.15, -0.1) is 0 Å². The van der Waals surface area contributed by atoms with Gasteiger partial charge in [0, 0.05) is 18.8 Å². The van der Waals surface area contributed by atoms with Crippen LogP contribution in [0.25, 0.3) is 0 Å². The maximum absolute atomic E-state index is 12.2. The van der Waals surface area contributed by atoms with Crippen molar-refractivity contribution in [1.82, 2.24) is 9.13 Å². The Morgan fingerprint density at radius 1 is 1.29 bits per heavy atom. The highest BCUT2D eigenvalue weighted by Gasteiger charge is 2.19. The Bertz CT molecular complexity index is 907. The summed E-state index contributed by atoms with van der Waals surface area (Å²) < 4.78 is 12.2. The molecule has 1 aromatic carbocycles. The lowest BCUT2D eigenvalue weighted by Gasteiger charge is -2.17. The quantitative estimate of drug-likeness (QED) is 0.837. The standard InChI is InChI=1S/C16H17N3O5/c1-18-8-10(7-17)15(21)19(16(18)22)9-13(20)12-6-11(23-2)4-5-14(12)24-3/h4-6,8,13,20H,9H2,1-3H3. The van der Waals surface area contributed by atoms with Gasteiger partial charge in [-0.2, -0.15) is 5.26 Å². The minimum absolute atomic E-state index is 0.179. The summed E-state index contributed by atoms with van der Waals surface area (Å²) in [6.45, 7) is -0.315. The van der Waals surface area contributed by atoms with E-state index >= 15 is 0 Å². The molecular weight excluding hydrogens is 314 g/mol. The fourth-order valence-corrected chi connectivity index (χ4v) is 2.34. The molecule has 0 bridgehead atoms. The summed E-state index contributed by atoms with van der Waals surface area (Å²) in [5.74, 6) is 0.889. The molecule has 0 radical (unpaired) electrons. The van der Waals surface area contributed by atoms with Gasteiger partial charge in [0.2, 0.25) is 0 Å². The monoisotopic (exact) mass is 331 g/mol. The Morgan fingerprint density at radius 3 is 2.58 bits per heavy atom. The molecule has 0 spiro atoms. The van der Waals surface area contributed by atoms with Crippen LogP contribution in [0.4, 0.5) is 0 Å². The second-order valence-corrected chi connectivity index (χ2v) is 5.09. The summed E-state index contributed by atoms with van der Waals surface area (Å²) in [4.78, 5) is 24.3. The van der Waals surface area contributed by atoms with Crippen molar-refractivity contribution in [1.29, 1.82) is 5.26 Å². The number of aryl methyl sites for hydroxylation is 1. The number of aliphatic hydroxyl groups excluding tert-OH is 1. The van der Waals surface area contributed by atoms with Crippen molar-refractivity contribution < 1.29 is 14.6 Å². The third-order valence-electron chi connectivity index (χ3n) is 3.60. The number of ether oxygens (including phenoxy) is 2. The predicted octanol–water partition coefficient (Wildman–Crippen LogP) is 0.169. The van der Waals surface area contributed by atoms with Crippen LogP contribution in [0.1, 0.15) is 17.2 Å². The van der Waals surface area contributed by atoms with E-state index in [0.717, 1.165) is 9.13 Å². The minimum atomic E-state index is -1.20. The van der Waals surface area contributed by atoms with Crippen LogP contribution in [-0.4, -0.2) is 28.5 Å². The number of benzene rings is 1. The highest BCUT2D eigenvalue weighted by atomic mass is 16.5. The Kier molecular flexibility index (Phi) is 5.06. The van der Waals surface area contributed by atoms with Crippen molar-refractivity contribution in [3.8, 4) is 17.6 Å². The smallest absolute Gasteiger partial charge is 0.330 e. The van der Waals surface area contributed by atoms with Crippen molar-refractivity contribution in [2.45, 2.75) is 12.6 Å². The van der Waals surface area contributed by atoms with Crippen molar-refractivity contribution in [2.24, 2.45) is 7.05 Å². The summed E-state index contributed by atoms with van der Waals surface area (Å²) in [7, 11) is 4.35. The summed E-state index contributed by atoms with van der Waals surface area (Å²) in [6, 6.07) is 6.58. The molecule has 24 heavy (non-hydrogen) atoms. The van der Waals surface area contributed by atoms with Gasteiger partial charge in [0.1, 0.15) is 29.2 Å². The highest BCUT2D eigenvalue weighted by Crippen LogP contribution is 2.29.